The van der Waals surface area contributed by atoms with E-state index in [9.17, 15) is 4.79 Å². The molecule has 15 heavy (non-hydrogen) atoms. The van der Waals surface area contributed by atoms with Gasteiger partial charge in [-0.2, -0.15) is 0 Å². The van der Waals surface area contributed by atoms with Crippen molar-refractivity contribution in [2.75, 3.05) is 12.4 Å². The van der Waals surface area contributed by atoms with Crippen molar-refractivity contribution in [1.29, 1.82) is 0 Å². The van der Waals surface area contributed by atoms with E-state index in [0.717, 1.165) is 5.56 Å². The van der Waals surface area contributed by atoms with Crippen LogP contribution in [0.15, 0.2) is 16.7 Å². The predicted octanol–water partition coefficient (Wildman–Crippen LogP) is 2.68. The van der Waals surface area contributed by atoms with Crippen LogP contribution in [0.25, 0.3) is 0 Å². The molecule has 0 atom stereocenters. The van der Waals surface area contributed by atoms with Crippen molar-refractivity contribution in [3.05, 3.63) is 23.7 Å². The molecule has 0 saturated heterocycles. The number of amides is 1. The number of nitrogens with zero attached hydrogens (tertiary/aromatic N) is 1. The third-order valence-electron chi connectivity index (χ3n) is 2.27. The summed E-state index contributed by atoms with van der Waals surface area (Å²) in [6.45, 7) is 6.32. The van der Waals surface area contributed by atoms with Crippen molar-refractivity contribution >= 4 is 17.5 Å². The Morgan fingerprint density at radius 3 is 2.67 bits per heavy atom. The van der Waals surface area contributed by atoms with Gasteiger partial charge in [0.25, 0.3) is 5.91 Å². The molecule has 4 heteroatoms. The fourth-order valence-electron chi connectivity index (χ4n) is 1.41. The molecule has 0 radical (unpaired) electrons. The third kappa shape index (κ3) is 2.75. The lowest BCUT2D eigenvalue weighted by atomic mass is 10.2. The van der Waals surface area contributed by atoms with Crippen molar-refractivity contribution in [3.8, 4) is 0 Å². The number of aryl methyl sites for hydroxylation is 1. The Bertz CT molecular complexity index is 333. The van der Waals surface area contributed by atoms with Gasteiger partial charge in [0.2, 0.25) is 0 Å². The summed E-state index contributed by atoms with van der Waals surface area (Å²) in [5, 5.41) is 0. The molecule has 0 saturated carbocycles. The van der Waals surface area contributed by atoms with Crippen LogP contribution < -0.4 is 0 Å². The van der Waals surface area contributed by atoms with Gasteiger partial charge in [0.1, 0.15) is 0 Å². The third-order valence-corrected chi connectivity index (χ3v) is 2.43. The van der Waals surface area contributed by atoms with E-state index >= 15 is 0 Å². The molecule has 0 aliphatic rings. The molecule has 0 aliphatic carbocycles. The van der Waals surface area contributed by atoms with Crippen molar-refractivity contribution in [1.82, 2.24) is 4.90 Å². The summed E-state index contributed by atoms with van der Waals surface area (Å²) in [6.07, 6.45) is 1.53. The SMILES string of the molecule is Cc1ccoc1C(=O)N(CCCl)C(C)C. The van der Waals surface area contributed by atoms with E-state index in [-0.39, 0.29) is 11.9 Å². The second-order valence-electron chi connectivity index (χ2n) is 3.71. The lowest BCUT2D eigenvalue weighted by Crippen LogP contribution is -2.38. The highest BCUT2D eigenvalue weighted by Gasteiger charge is 2.22. The average molecular weight is 230 g/mol. The minimum atomic E-state index is -0.0897. The van der Waals surface area contributed by atoms with E-state index in [4.69, 9.17) is 16.0 Å². The van der Waals surface area contributed by atoms with Gasteiger partial charge in [-0.15, -0.1) is 11.6 Å². The molecule has 1 amide bonds. The highest BCUT2D eigenvalue weighted by molar-refractivity contribution is 6.18. The molecule has 0 bridgehead atoms. The maximum Gasteiger partial charge on any atom is 0.290 e. The van der Waals surface area contributed by atoms with E-state index in [1.54, 1.807) is 11.0 Å². The molecule has 84 valence electrons. The first-order valence-electron chi connectivity index (χ1n) is 4.99. The highest BCUT2D eigenvalue weighted by Crippen LogP contribution is 2.14. The number of carbonyl (C=O) groups is 1. The first-order valence-corrected chi connectivity index (χ1v) is 5.52. The fraction of sp³-hybridized carbons (Fsp3) is 0.545. The molecule has 0 fully saturated rings. The number of furan rings is 1. The summed E-state index contributed by atoms with van der Waals surface area (Å²) in [5.74, 6) is 0.755. The maximum atomic E-state index is 12.0. The monoisotopic (exact) mass is 229 g/mol. The summed E-state index contributed by atoms with van der Waals surface area (Å²) in [4.78, 5) is 13.7. The summed E-state index contributed by atoms with van der Waals surface area (Å²) >= 11 is 5.66. The van der Waals surface area contributed by atoms with Gasteiger partial charge in [-0.05, 0) is 26.8 Å². The van der Waals surface area contributed by atoms with E-state index in [2.05, 4.69) is 0 Å². The van der Waals surface area contributed by atoms with Gasteiger partial charge < -0.3 is 9.32 Å². The van der Waals surface area contributed by atoms with Crippen LogP contribution in [0.1, 0.15) is 30.0 Å². The van der Waals surface area contributed by atoms with Crippen LogP contribution in [0.3, 0.4) is 0 Å². The zero-order chi connectivity index (χ0) is 11.4. The summed E-state index contributed by atoms with van der Waals surface area (Å²) < 4.78 is 5.17. The van der Waals surface area contributed by atoms with E-state index in [0.29, 0.717) is 18.2 Å². The summed E-state index contributed by atoms with van der Waals surface area (Å²) in [7, 11) is 0. The Kier molecular flexibility index (Phi) is 4.21. The van der Waals surface area contributed by atoms with Gasteiger partial charge >= 0.3 is 0 Å². The molecular formula is C11H16ClNO2. The minimum absolute atomic E-state index is 0.0897. The Labute approximate surface area is 95.0 Å². The van der Waals surface area contributed by atoms with Crippen LogP contribution in [0.2, 0.25) is 0 Å². The molecule has 1 aromatic rings. The van der Waals surface area contributed by atoms with Crippen molar-refractivity contribution in [3.63, 3.8) is 0 Å². The molecule has 3 nitrogen and oxygen atoms in total. The molecule has 0 aliphatic heterocycles. The topological polar surface area (TPSA) is 33.5 Å². The summed E-state index contributed by atoms with van der Waals surface area (Å²) in [6, 6.07) is 1.91. The van der Waals surface area contributed by atoms with Gasteiger partial charge in [-0.3, -0.25) is 4.79 Å². The molecule has 1 heterocycles. The Hall–Kier alpha value is -0.960. The van der Waals surface area contributed by atoms with Crippen LogP contribution in [0.5, 0.6) is 0 Å². The molecule has 0 aromatic carbocycles. The maximum absolute atomic E-state index is 12.0. The number of hydrogen-bond acceptors (Lipinski definition) is 2. The molecule has 1 aromatic heterocycles. The molecule has 0 spiro atoms. The molecular weight excluding hydrogens is 214 g/mol. The van der Waals surface area contributed by atoms with Crippen molar-refractivity contribution in [2.24, 2.45) is 0 Å². The van der Waals surface area contributed by atoms with Gasteiger partial charge in [-0.25, -0.2) is 0 Å². The quantitative estimate of drug-likeness (QED) is 0.744. The normalized spacial score (nSPS) is 10.7. The largest absolute Gasteiger partial charge is 0.459 e. The van der Waals surface area contributed by atoms with Crippen LogP contribution in [0.4, 0.5) is 0 Å². The Morgan fingerprint density at radius 2 is 2.27 bits per heavy atom. The van der Waals surface area contributed by atoms with E-state index in [1.165, 1.54) is 6.26 Å². The Balaban J connectivity index is 2.86. The van der Waals surface area contributed by atoms with E-state index in [1.807, 2.05) is 20.8 Å². The van der Waals surface area contributed by atoms with Crippen molar-refractivity contribution < 1.29 is 9.21 Å². The lowest BCUT2D eigenvalue weighted by molar-refractivity contribution is 0.0684. The Morgan fingerprint density at radius 1 is 1.60 bits per heavy atom. The fourth-order valence-corrected chi connectivity index (χ4v) is 1.59. The second kappa shape index (κ2) is 5.21. The number of alkyl halides is 1. The predicted molar refractivity (Wildman–Crippen MR) is 60.3 cm³/mol. The number of carbonyl (C=O) groups excluding carboxylic acids is 1. The standard InChI is InChI=1S/C11H16ClNO2/c1-8(2)13(6-5-12)11(14)10-9(3)4-7-15-10/h4,7-8H,5-6H2,1-3H3. The van der Waals surface area contributed by atoms with Crippen LogP contribution >= 0.6 is 11.6 Å². The second-order valence-corrected chi connectivity index (χ2v) is 4.09. The van der Waals surface area contributed by atoms with E-state index < -0.39 is 0 Å². The minimum Gasteiger partial charge on any atom is -0.459 e. The van der Waals surface area contributed by atoms with Crippen LogP contribution in [-0.4, -0.2) is 29.3 Å². The van der Waals surface area contributed by atoms with Crippen molar-refractivity contribution in [2.45, 2.75) is 26.8 Å². The molecule has 0 N–H and O–H groups in total. The van der Waals surface area contributed by atoms with Gasteiger partial charge in [0.15, 0.2) is 5.76 Å². The first-order chi connectivity index (χ1) is 7.07. The van der Waals surface area contributed by atoms with Gasteiger partial charge in [0, 0.05) is 24.0 Å². The highest BCUT2D eigenvalue weighted by atomic mass is 35.5. The van der Waals surface area contributed by atoms with Gasteiger partial charge in [-0.1, -0.05) is 0 Å². The zero-order valence-corrected chi connectivity index (χ0v) is 10.0. The average Bonchev–Trinajstić information content (AvgIpc) is 2.59. The first kappa shape index (κ1) is 12.1. The smallest absolute Gasteiger partial charge is 0.290 e. The number of hydrogen-bond donors (Lipinski definition) is 0. The number of rotatable bonds is 4. The lowest BCUT2D eigenvalue weighted by Gasteiger charge is -2.25. The molecule has 1 rings (SSSR count). The van der Waals surface area contributed by atoms with Crippen LogP contribution in [0, 0.1) is 6.92 Å². The molecule has 0 unspecified atom stereocenters. The zero-order valence-electron chi connectivity index (χ0n) is 9.29. The van der Waals surface area contributed by atoms with Crippen LogP contribution in [-0.2, 0) is 0 Å². The number of halogens is 1. The van der Waals surface area contributed by atoms with Gasteiger partial charge in [0.05, 0.1) is 6.26 Å². The summed E-state index contributed by atoms with van der Waals surface area (Å²) in [5.41, 5.74) is 0.861.